The summed E-state index contributed by atoms with van der Waals surface area (Å²) >= 11 is 0. The Bertz CT molecular complexity index is 1310. The molecule has 190 valence electrons. The third-order valence-electron chi connectivity index (χ3n) is 5.96. The number of methoxy groups -OCH3 is 1. The zero-order valence-corrected chi connectivity index (χ0v) is 20.6. The molecule has 2 aromatic heterocycles. The van der Waals surface area contributed by atoms with E-state index in [9.17, 15) is 9.59 Å². The van der Waals surface area contributed by atoms with E-state index in [1.54, 1.807) is 29.6 Å². The predicted octanol–water partition coefficient (Wildman–Crippen LogP) is 3.86. The van der Waals surface area contributed by atoms with E-state index in [0.29, 0.717) is 24.5 Å². The second kappa shape index (κ2) is 10.4. The molecule has 1 aliphatic heterocycles. The molecule has 10 heteroatoms. The summed E-state index contributed by atoms with van der Waals surface area (Å²) in [5.41, 5.74) is 1.69. The van der Waals surface area contributed by atoms with Crippen LogP contribution in [0.25, 0.3) is 16.9 Å². The predicted molar refractivity (Wildman–Crippen MR) is 130 cm³/mol. The number of aromatic nitrogens is 2. The first-order valence-corrected chi connectivity index (χ1v) is 11.5. The van der Waals surface area contributed by atoms with Crippen LogP contribution < -0.4 is 0 Å². The number of carbonyl (C=O) groups excluding carboxylic acids is 2. The minimum Gasteiger partial charge on any atom is -0.453 e. The summed E-state index contributed by atoms with van der Waals surface area (Å²) in [6, 6.07) is 5.73. The smallest absolute Gasteiger partial charge is 0.409 e. The van der Waals surface area contributed by atoms with Crippen LogP contribution in [-0.2, 0) is 15.9 Å². The number of nitrogens with zero attached hydrogens (tertiary/aromatic N) is 4. The highest BCUT2D eigenvalue weighted by molar-refractivity contribution is 6.04. The van der Waals surface area contributed by atoms with Gasteiger partial charge >= 0.3 is 6.09 Å². The van der Waals surface area contributed by atoms with E-state index in [1.807, 2.05) is 19.1 Å². The zero-order chi connectivity index (χ0) is 26.0. The molecule has 0 N–H and O–H groups in total. The molecule has 8 nitrogen and oxygen atoms in total. The maximum Gasteiger partial charge on any atom is 0.409 e. The third-order valence-corrected chi connectivity index (χ3v) is 5.96. The Hall–Kier alpha value is -3.79. The lowest BCUT2D eigenvalue weighted by molar-refractivity contribution is -0.0241. The summed E-state index contributed by atoms with van der Waals surface area (Å²) in [7, 11) is 4.79. The van der Waals surface area contributed by atoms with Gasteiger partial charge in [-0.05, 0) is 36.8 Å². The summed E-state index contributed by atoms with van der Waals surface area (Å²) in [6.07, 6.45) is 3.91. The molecule has 1 amide bonds. The number of amides is 1. The van der Waals surface area contributed by atoms with Crippen molar-refractivity contribution >= 4 is 17.5 Å². The molecule has 0 saturated carbocycles. The molecule has 1 atom stereocenters. The molecule has 3 aromatic rings. The van der Waals surface area contributed by atoms with Crippen LogP contribution in [0.15, 0.2) is 42.7 Å². The third kappa shape index (κ3) is 5.23. The number of morpholine rings is 1. The van der Waals surface area contributed by atoms with Gasteiger partial charge in [-0.1, -0.05) is 0 Å². The Morgan fingerprint density at radius 3 is 2.64 bits per heavy atom. The van der Waals surface area contributed by atoms with Crippen LogP contribution in [0.4, 0.5) is 13.6 Å². The van der Waals surface area contributed by atoms with E-state index >= 15 is 8.78 Å². The van der Waals surface area contributed by atoms with Crippen molar-refractivity contribution in [3.63, 3.8) is 0 Å². The Labute approximate surface area is 207 Å². The van der Waals surface area contributed by atoms with Crippen LogP contribution in [0.2, 0.25) is 0 Å². The van der Waals surface area contributed by atoms with E-state index in [0.717, 1.165) is 17.7 Å². The van der Waals surface area contributed by atoms with Gasteiger partial charge in [0.1, 0.15) is 17.3 Å². The van der Waals surface area contributed by atoms with Crippen molar-refractivity contribution in [3.05, 3.63) is 71.2 Å². The number of aryl methyl sites for hydroxylation is 1. The van der Waals surface area contributed by atoms with Gasteiger partial charge in [0, 0.05) is 51.1 Å². The van der Waals surface area contributed by atoms with E-state index in [1.165, 1.54) is 24.3 Å². The molecule has 1 saturated heterocycles. The fourth-order valence-electron chi connectivity index (χ4n) is 4.20. The number of fused-ring (bicyclic) bond motifs is 1. The molecule has 4 rings (SSSR count). The number of allylic oxidation sites excluding steroid dienone is 1. The van der Waals surface area contributed by atoms with Crippen LogP contribution in [0.5, 0.6) is 0 Å². The van der Waals surface area contributed by atoms with Gasteiger partial charge in [0.25, 0.3) is 0 Å². The zero-order valence-electron chi connectivity index (χ0n) is 20.6. The highest BCUT2D eigenvalue weighted by Gasteiger charge is 2.29. The highest BCUT2D eigenvalue weighted by Crippen LogP contribution is 2.32. The number of rotatable bonds is 6. The lowest BCUT2D eigenvalue weighted by Crippen LogP contribution is -2.46. The molecular formula is C26H28F2N4O4. The molecule has 0 radical (unpaired) electrons. The number of hydrogen-bond acceptors (Lipinski definition) is 6. The summed E-state index contributed by atoms with van der Waals surface area (Å²) in [5, 5.41) is 0. The van der Waals surface area contributed by atoms with Gasteiger partial charge in [-0.15, -0.1) is 0 Å². The van der Waals surface area contributed by atoms with E-state index < -0.39 is 29.6 Å². The average Bonchev–Trinajstić information content (AvgIpc) is 3.18. The first-order valence-electron chi connectivity index (χ1n) is 11.5. The largest absolute Gasteiger partial charge is 0.453 e. The molecule has 1 aromatic carbocycles. The number of imidazole rings is 1. The van der Waals surface area contributed by atoms with Gasteiger partial charge in [0.2, 0.25) is 0 Å². The molecule has 1 fully saturated rings. The van der Waals surface area contributed by atoms with Gasteiger partial charge in [0.05, 0.1) is 43.3 Å². The molecule has 1 aliphatic rings. The molecule has 36 heavy (non-hydrogen) atoms. The number of ether oxygens (including phenoxy) is 2. The van der Waals surface area contributed by atoms with Crippen molar-refractivity contribution in [2.45, 2.75) is 19.4 Å². The first kappa shape index (κ1) is 25.3. The Kier molecular flexibility index (Phi) is 7.35. The molecule has 0 aliphatic carbocycles. The summed E-state index contributed by atoms with van der Waals surface area (Å²) in [6.45, 7) is 2.87. The Morgan fingerprint density at radius 2 is 1.97 bits per heavy atom. The number of carbonyl (C=O) groups is 2. The maximum atomic E-state index is 15.4. The van der Waals surface area contributed by atoms with Crippen LogP contribution >= 0.6 is 0 Å². The van der Waals surface area contributed by atoms with Crippen LogP contribution in [0, 0.1) is 18.6 Å². The van der Waals surface area contributed by atoms with Crippen molar-refractivity contribution in [2.24, 2.45) is 0 Å². The van der Waals surface area contributed by atoms with Crippen molar-refractivity contribution in [1.82, 2.24) is 19.2 Å². The fourth-order valence-corrected chi connectivity index (χ4v) is 4.20. The molecule has 3 heterocycles. The molecule has 0 bridgehead atoms. The molecule has 1 unspecified atom stereocenters. The van der Waals surface area contributed by atoms with Gasteiger partial charge in [0.15, 0.2) is 5.78 Å². The first-order chi connectivity index (χ1) is 17.2. The lowest BCUT2D eigenvalue weighted by atomic mass is 10.0. The summed E-state index contributed by atoms with van der Waals surface area (Å²) < 4.78 is 43.2. The quantitative estimate of drug-likeness (QED) is 0.380. The standard InChI is InChI=1S/C26H28F2N4O4/c1-16-5-8-32-21(14-18-15-31(9-10-36-18)26(34)35-4)25(29-23(32)11-16)24-19(27)12-17(13-20(24)28)22(33)6-7-30(2)3/h5-8,11-13,18H,9-10,14-15H2,1-4H3. The van der Waals surface area contributed by atoms with Gasteiger partial charge in [-0.2, -0.15) is 0 Å². The van der Waals surface area contributed by atoms with Gasteiger partial charge in [-0.3, -0.25) is 4.79 Å². The topological polar surface area (TPSA) is 76.4 Å². The molecular weight excluding hydrogens is 470 g/mol. The Balaban J connectivity index is 1.76. The summed E-state index contributed by atoms with van der Waals surface area (Å²) in [4.78, 5) is 32.1. The van der Waals surface area contributed by atoms with Crippen LogP contribution in [-0.4, -0.2) is 78.1 Å². The van der Waals surface area contributed by atoms with Gasteiger partial charge in [-0.25, -0.2) is 18.6 Å². The lowest BCUT2D eigenvalue weighted by Gasteiger charge is -2.32. The van der Waals surface area contributed by atoms with Crippen molar-refractivity contribution in [3.8, 4) is 11.3 Å². The SMILES string of the molecule is COC(=O)N1CCOC(Cc2c(-c3c(F)cc(C(=O)C=CN(C)C)cc3F)nc3cc(C)ccn23)C1. The van der Waals surface area contributed by atoms with Crippen molar-refractivity contribution < 1.29 is 27.8 Å². The highest BCUT2D eigenvalue weighted by atomic mass is 19.1. The number of halogens is 2. The van der Waals surface area contributed by atoms with Crippen molar-refractivity contribution in [2.75, 3.05) is 40.9 Å². The van der Waals surface area contributed by atoms with E-state index in [2.05, 4.69) is 4.98 Å². The minimum absolute atomic E-state index is 0.0997. The number of benzene rings is 1. The van der Waals surface area contributed by atoms with E-state index in [4.69, 9.17) is 9.47 Å². The van der Waals surface area contributed by atoms with Crippen molar-refractivity contribution in [1.29, 1.82) is 0 Å². The minimum atomic E-state index is -0.890. The summed E-state index contributed by atoms with van der Waals surface area (Å²) in [5.74, 6) is -2.30. The normalized spacial score (nSPS) is 16.1. The Morgan fingerprint density at radius 1 is 1.25 bits per heavy atom. The maximum absolute atomic E-state index is 15.4. The number of pyridine rings is 1. The number of ketones is 1. The average molecular weight is 499 g/mol. The second-order valence-corrected chi connectivity index (χ2v) is 8.91. The number of hydrogen-bond donors (Lipinski definition) is 0. The molecule has 0 spiro atoms. The second-order valence-electron chi connectivity index (χ2n) is 8.91. The fraction of sp³-hybridized carbons (Fsp3) is 0.346. The monoisotopic (exact) mass is 498 g/mol. The van der Waals surface area contributed by atoms with E-state index in [-0.39, 0.29) is 29.8 Å². The van der Waals surface area contributed by atoms with Crippen LogP contribution in [0.3, 0.4) is 0 Å². The van der Waals surface area contributed by atoms with Crippen LogP contribution in [0.1, 0.15) is 21.6 Å². The van der Waals surface area contributed by atoms with Gasteiger partial charge < -0.3 is 23.7 Å².